The number of nitrogens with one attached hydrogen (secondary N) is 2. The number of hydrogen-bond acceptors (Lipinski definition) is 4. The van der Waals surface area contributed by atoms with E-state index in [1.807, 2.05) is 56.1 Å². The molecule has 3 aromatic carbocycles. The summed E-state index contributed by atoms with van der Waals surface area (Å²) in [6.45, 7) is 6.05. The minimum Gasteiger partial charge on any atom is -0.439 e. The summed E-state index contributed by atoms with van der Waals surface area (Å²) in [5.74, 6) is 0.579. The van der Waals surface area contributed by atoms with Crippen LogP contribution in [-0.4, -0.2) is 19.4 Å². The molecule has 2 amide bonds. The molecule has 0 fully saturated rings. The first kappa shape index (κ1) is 28.2. The molecule has 0 bridgehead atoms. The van der Waals surface area contributed by atoms with Crippen LogP contribution in [0.2, 0.25) is 0 Å². The van der Waals surface area contributed by atoms with Gasteiger partial charge in [-0.1, -0.05) is 43.3 Å². The molecule has 0 saturated carbocycles. The summed E-state index contributed by atoms with van der Waals surface area (Å²) >= 11 is 0. The monoisotopic (exact) mass is 525 g/mol. The van der Waals surface area contributed by atoms with Crippen LogP contribution in [-0.2, 0) is 0 Å². The van der Waals surface area contributed by atoms with E-state index >= 15 is 0 Å². The second-order valence-electron chi connectivity index (χ2n) is 8.43. The first-order valence-corrected chi connectivity index (χ1v) is 11.9. The molecule has 0 atom stereocenters. The Kier molecular flexibility index (Phi) is 9.43. The van der Waals surface area contributed by atoms with Crippen molar-refractivity contribution >= 4 is 23.1 Å². The third-order valence-corrected chi connectivity index (χ3v) is 5.38. The zero-order valence-corrected chi connectivity index (χ0v) is 21.6. The van der Waals surface area contributed by atoms with Crippen LogP contribution in [0.3, 0.4) is 0 Å². The summed E-state index contributed by atoms with van der Waals surface area (Å²) in [6, 6.07) is 19.1. The Morgan fingerprint density at radius 3 is 2.29 bits per heavy atom. The number of amides is 2. The van der Waals surface area contributed by atoms with Crippen molar-refractivity contribution in [2.45, 2.75) is 33.6 Å². The summed E-state index contributed by atoms with van der Waals surface area (Å²) in [4.78, 5) is 14.6. The lowest BCUT2D eigenvalue weighted by Gasteiger charge is -2.25. The maximum atomic E-state index is 12.7. The molecule has 9 heteroatoms. The number of carbonyl (C=O) groups is 1. The van der Waals surface area contributed by atoms with E-state index in [1.165, 1.54) is 12.1 Å². The van der Waals surface area contributed by atoms with Gasteiger partial charge in [0.2, 0.25) is 5.88 Å². The number of aryl methyl sites for hydroxylation is 1. The Morgan fingerprint density at radius 2 is 1.63 bits per heavy atom. The number of alkyl halides is 3. The van der Waals surface area contributed by atoms with E-state index < -0.39 is 12.4 Å². The second-order valence-corrected chi connectivity index (χ2v) is 8.43. The summed E-state index contributed by atoms with van der Waals surface area (Å²) in [6.07, 6.45) is 0.0852. The fourth-order valence-corrected chi connectivity index (χ4v) is 3.63. The molecular weight excluding hydrogens is 495 g/mol. The largest absolute Gasteiger partial charge is 0.573 e. The molecule has 0 unspecified atom stereocenters. The SMILES string of the molecule is CC/C=C(C)/C=C(/Oc1ccccc1NC(=O)Nc1ccc(OC(F)(F)F)cc1)N(C)c1ccccc1C. The Balaban J connectivity index is 1.80. The number of halogens is 3. The van der Waals surface area contributed by atoms with E-state index in [9.17, 15) is 18.0 Å². The van der Waals surface area contributed by atoms with Crippen LogP contribution in [0.15, 0.2) is 96.4 Å². The second kappa shape index (κ2) is 12.7. The lowest BCUT2D eigenvalue weighted by molar-refractivity contribution is -0.274. The summed E-state index contributed by atoms with van der Waals surface area (Å²) in [5.41, 5.74) is 3.74. The van der Waals surface area contributed by atoms with Gasteiger partial charge < -0.3 is 25.0 Å². The molecule has 6 nitrogen and oxygen atoms in total. The fourth-order valence-electron chi connectivity index (χ4n) is 3.63. The Labute approximate surface area is 220 Å². The minimum atomic E-state index is -4.79. The molecule has 0 aromatic heterocycles. The van der Waals surface area contributed by atoms with Gasteiger partial charge in [-0.2, -0.15) is 0 Å². The third-order valence-electron chi connectivity index (χ3n) is 5.38. The average molecular weight is 526 g/mol. The van der Waals surface area contributed by atoms with Gasteiger partial charge in [-0.15, -0.1) is 13.2 Å². The van der Waals surface area contributed by atoms with Gasteiger partial charge in [0.1, 0.15) is 5.75 Å². The number of benzene rings is 3. The molecule has 38 heavy (non-hydrogen) atoms. The standard InChI is InChI=1S/C29H30F3N3O3/c1-5-10-20(2)19-27(35(4)25-13-8-6-11-21(25)3)37-26-14-9-7-12-24(26)34-28(36)33-22-15-17-23(18-16-22)38-29(30,31)32/h6-19H,5H2,1-4H3,(H2,33,34,36)/b20-10+,27-19+. The molecule has 200 valence electrons. The molecule has 0 aliphatic rings. The van der Waals surface area contributed by atoms with Crippen molar-refractivity contribution < 1.29 is 27.4 Å². The Morgan fingerprint density at radius 1 is 0.974 bits per heavy atom. The van der Waals surface area contributed by atoms with Crippen molar-refractivity contribution in [3.8, 4) is 11.5 Å². The van der Waals surface area contributed by atoms with Gasteiger partial charge >= 0.3 is 12.4 Å². The van der Waals surface area contributed by atoms with Gasteiger partial charge in [-0.3, -0.25) is 0 Å². The highest BCUT2D eigenvalue weighted by atomic mass is 19.4. The molecule has 3 aromatic rings. The number of carbonyl (C=O) groups excluding carboxylic acids is 1. The van der Waals surface area contributed by atoms with E-state index in [0.717, 1.165) is 35.4 Å². The van der Waals surface area contributed by atoms with E-state index in [-0.39, 0.29) is 11.4 Å². The molecule has 0 aliphatic carbocycles. The highest BCUT2D eigenvalue weighted by Gasteiger charge is 2.31. The minimum absolute atomic E-state index is 0.288. The number of allylic oxidation sites excluding steroid dienone is 3. The van der Waals surface area contributed by atoms with Crippen LogP contribution in [0.1, 0.15) is 25.8 Å². The predicted octanol–water partition coefficient (Wildman–Crippen LogP) is 8.25. The van der Waals surface area contributed by atoms with Gasteiger partial charge in [-0.05, 0) is 73.9 Å². The Bertz CT molecular complexity index is 1300. The zero-order valence-electron chi connectivity index (χ0n) is 21.6. The lowest BCUT2D eigenvalue weighted by Crippen LogP contribution is -2.23. The first-order valence-electron chi connectivity index (χ1n) is 11.9. The maximum absolute atomic E-state index is 12.7. The van der Waals surface area contributed by atoms with Crippen LogP contribution in [0.4, 0.5) is 35.0 Å². The molecule has 0 heterocycles. The zero-order chi connectivity index (χ0) is 27.7. The molecule has 0 aliphatic heterocycles. The number of para-hydroxylation sites is 3. The van der Waals surface area contributed by atoms with Crippen LogP contribution in [0.25, 0.3) is 0 Å². The number of urea groups is 1. The third kappa shape index (κ3) is 8.33. The topological polar surface area (TPSA) is 62.8 Å². The van der Waals surface area contributed by atoms with E-state index in [1.54, 1.807) is 24.3 Å². The smallest absolute Gasteiger partial charge is 0.439 e. The highest BCUT2D eigenvalue weighted by Crippen LogP contribution is 2.30. The van der Waals surface area contributed by atoms with Crippen LogP contribution in [0, 0.1) is 6.92 Å². The molecule has 0 radical (unpaired) electrons. The number of ether oxygens (including phenoxy) is 2. The summed E-state index contributed by atoms with van der Waals surface area (Å²) < 4.78 is 47.3. The van der Waals surface area contributed by atoms with Crippen molar-refractivity contribution in [2.75, 3.05) is 22.6 Å². The average Bonchev–Trinajstić information content (AvgIpc) is 2.85. The predicted molar refractivity (Wildman–Crippen MR) is 145 cm³/mol. The van der Waals surface area contributed by atoms with Gasteiger partial charge in [0, 0.05) is 24.5 Å². The van der Waals surface area contributed by atoms with Gasteiger partial charge in [0.25, 0.3) is 0 Å². The molecule has 3 rings (SSSR count). The van der Waals surface area contributed by atoms with E-state index in [4.69, 9.17) is 4.74 Å². The van der Waals surface area contributed by atoms with Crippen LogP contribution in [0.5, 0.6) is 11.5 Å². The molecule has 0 spiro atoms. The summed E-state index contributed by atoms with van der Waals surface area (Å²) in [7, 11) is 1.91. The van der Waals surface area contributed by atoms with E-state index in [0.29, 0.717) is 17.3 Å². The van der Waals surface area contributed by atoms with Crippen molar-refractivity contribution in [3.05, 3.63) is 102 Å². The van der Waals surface area contributed by atoms with Crippen LogP contribution < -0.4 is 25.0 Å². The number of rotatable bonds is 9. The van der Waals surface area contributed by atoms with Gasteiger partial charge in [0.05, 0.1) is 5.69 Å². The Hall–Kier alpha value is -4.40. The number of nitrogens with zero attached hydrogens (tertiary/aromatic N) is 1. The van der Waals surface area contributed by atoms with Crippen molar-refractivity contribution in [3.63, 3.8) is 0 Å². The number of hydrogen-bond donors (Lipinski definition) is 2. The normalized spacial score (nSPS) is 12.1. The van der Waals surface area contributed by atoms with Crippen LogP contribution >= 0.6 is 0 Å². The van der Waals surface area contributed by atoms with E-state index in [2.05, 4.69) is 28.4 Å². The van der Waals surface area contributed by atoms with Crippen molar-refractivity contribution in [1.82, 2.24) is 0 Å². The first-order chi connectivity index (χ1) is 18.1. The van der Waals surface area contributed by atoms with Crippen molar-refractivity contribution in [1.29, 1.82) is 0 Å². The number of anilines is 3. The molecule has 0 saturated heterocycles. The fraction of sp³-hybridized carbons (Fsp3) is 0.207. The molecule has 2 N–H and O–H groups in total. The lowest BCUT2D eigenvalue weighted by atomic mass is 10.2. The van der Waals surface area contributed by atoms with Gasteiger partial charge in [0.15, 0.2) is 5.75 Å². The quantitative estimate of drug-likeness (QED) is 0.218. The summed E-state index contributed by atoms with van der Waals surface area (Å²) in [5, 5.41) is 5.33. The molecular formula is C29H30F3N3O3. The highest BCUT2D eigenvalue weighted by molar-refractivity contribution is 6.00. The van der Waals surface area contributed by atoms with Crippen molar-refractivity contribution in [2.24, 2.45) is 0 Å². The van der Waals surface area contributed by atoms with Gasteiger partial charge in [-0.25, -0.2) is 4.79 Å². The maximum Gasteiger partial charge on any atom is 0.573 e.